The molecule has 6 nitrogen and oxygen atoms in total. The molecule has 3 aromatic rings. The standard InChI is InChI=1S/C28H29N5O/c29-16-23(28(34)32-25-14-13-20-12-7-15-30-26(20)25)17-31-24-18-33(19-24)27(21-8-3-1-4-9-21)22-10-5-2-6-11-22/h1-12,15-17,24-25,27H,13-14,18-19,29H2,(H,32,34). The van der Waals surface area contributed by atoms with Gasteiger partial charge >= 0.3 is 0 Å². The molecule has 3 N–H and O–H groups in total. The number of nitrogens with one attached hydrogen (secondary N) is 1. The van der Waals surface area contributed by atoms with Crippen molar-refractivity contribution in [3.05, 3.63) is 113 Å². The lowest BCUT2D eigenvalue weighted by atomic mass is 9.93. The minimum absolute atomic E-state index is 0.0799. The van der Waals surface area contributed by atoms with Crippen molar-refractivity contribution in [1.29, 1.82) is 0 Å². The zero-order chi connectivity index (χ0) is 23.3. The monoisotopic (exact) mass is 451 g/mol. The van der Waals surface area contributed by atoms with Crippen LogP contribution in [-0.2, 0) is 11.2 Å². The van der Waals surface area contributed by atoms with Gasteiger partial charge in [-0.05, 0) is 35.6 Å². The Morgan fingerprint density at radius 3 is 2.35 bits per heavy atom. The van der Waals surface area contributed by atoms with Crippen LogP contribution < -0.4 is 11.1 Å². The SMILES string of the molecule is NC=C(C=NC1CN(C(c2ccccc2)c2ccccc2)C1)C(=O)NC1CCc2cccnc21. The molecule has 0 spiro atoms. The van der Waals surface area contributed by atoms with Gasteiger partial charge in [0, 0.05) is 31.7 Å². The Balaban J connectivity index is 1.21. The Bertz CT molecular complexity index is 1150. The van der Waals surface area contributed by atoms with E-state index in [4.69, 9.17) is 5.73 Å². The number of pyridine rings is 1. The van der Waals surface area contributed by atoms with Crippen molar-refractivity contribution in [3.63, 3.8) is 0 Å². The highest BCUT2D eigenvalue weighted by atomic mass is 16.1. The molecule has 0 radical (unpaired) electrons. The first-order chi connectivity index (χ1) is 16.7. The van der Waals surface area contributed by atoms with E-state index in [2.05, 4.69) is 74.8 Å². The van der Waals surface area contributed by atoms with Gasteiger partial charge in [-0.3, -0.25) is 19.7 Å². The van der Waals surface area contributed by atoms with E-state index in [-0.39, 0.29) is 24.0 Å². The van der Waals surface area contributed by atoms with Gasteiger partial charge in [-0.1, -0.05) is 66.7 Å². The minimum Gasteiger partial charge on any atom is -0.404 e. The topological polar surface area (TPSA) is 83.6 Å². The Hall–Kier alpha value is -3.77. The van der Waals surface area contributed by atoms with E-state index in [0.717, 1.165) is 31.6 Å². The molecule has 5 rings (SSSR count). The van der Waals surface area contributed by atoms with Crippen molar-refractivity contribution in [1.82, 2.24) is 15.2 Å². The molecular weight excluding hydrogens is 422 g/mol. The van der Waals surface area contributed by atoms with Crippen molar-refractivity contribution in [2.75, 3.05) is 13.1 Å². The lowest BCUT2D eigenvalue weighted by Crippen LogP contribution is -2.51. The molecule has 2 aliphatic rings. The van der Waals surface area contributed by atoms with Crippen LogP contribution in [-0.4, -0.2) is 41.1 Å². The molecule has 6 heteroatoms. The van der Waals surface area contributed by atoms with Gasteiger partial charge in [0.05, 0.1) is 29.4 Å². The number of benzene rings is 2. The summed E-state index contributed by atoms with van der Waals surface area (Å²) in [4.78, 5) is 24.3. The van der Waals surface area contributed by atoms with E-state index in [1.54, 1.807) is 12.4 Å². The maximum atomic E-state index is 12.8. The Morgan fingerprint density at radius 1 is 1.03 bits per heavy atom. The normalized spacial score (nSPS) is 18.7. The molecule has 34 heavy (non-hydrogen) atoms. The van der Waals surface area contributed by atoms with Crippen molar-refractivity contribution in [2.45, 2.75) is 31.0 Å². The predicted octanol–water partition coefficient (Wildman–Crippen LogP) is 3.57. The summed E-state index contributed by atoms with van der Waals surface area (Å²) < 4.78 is 0. The number of aryl methyl sites for hydroxylation is 1. The summed E-state index contributed by atoms with van der Waals surface area (Å²) in [7, 11) is 0. The van der Waals surface area contributed by atoms with E-state index in [0.29, 0.717) is 5.57 Å². The summed E-state index contributed by atoms with van der Waals surface area (Å²) in [6.45, 7) is 1.65. The lowest BCUT2D eigenvalue weighted by molar-refractivity contribution is -0.117. The van der Waals surface area contributed by atoms with Gasteiger partial charge in [0.2, 0.25) is 0 Å². The van der Waals surface area contributed by atoms with Crippen molar-refractivity contribution in [2.24, 2.45) is 10.7 Å². The summed E-state index contributed by atoms with van der Waals surface area (Å²) in [5.41, 5.74) is 10.8. The number of aliphatic imine (C=N–C) groups is 1. The lowest BCUT2D eigenvalue weighted by Gasteiger charge is -2.43. The highest BCUT2D eigenvalue weighted by Gasteiger charge is 2.33. The number of likely N-dealkylation sites (tertiary alicyclic amines) is 1. The number of hydrogen-bond acceptors (Lipinski definition) is 5. The van der Waals surface area contributed by atoms with Gasteiger partial charge < -0.3 is 11.1 Å². The highest BCUT2D eigenvalue weighted by molar-refractivity contribution is 6.12. The number of aromatic nitrogens is 1. The molecule has 1 unspecified atom stereocenters. The Morgan fingerprint density at radius 2 is 1.71 bits per heavy atom. The van der Waals surface area contributed by atoms with Crippen LogP contribution in [0.4, 0.5) is 0 Å². The third kappa shape index (κ3) is 4.63. The second kappa shape index (κ2) is 10.0. The molecule has 1 aromatic heterocycles. The number of amides is 1. The molecule has 1 aliphatic heterocycles. The van der Waals surface area contributed by atoms with E-state index in [1.807, 2.05) is 18.2 Å². The van der Waals surface area contributed by atoms with Gasteiger partial charge in [0.15, 0.2) is 0 Å². The van der Waals surface area contributed by atoms with Crippen LogP contribution in [0.5, 0.6) is 0 Å². The van der Waals surface area contributed by atoms with E-state index >= 15 is 0 Å². The molecule has 1 saturated heterocycles. The number of nitrogens with zero attached hydrogens (tertiary/aromatic N) is 3. The molecule has 1 amide bonds. The summed E-state index contributed by atoms with van der Waals surface area (Å²) in [5, 5.41) is 3.06. The second-order valence-corrected chi connectivity index (χ2v) is 8.84. The molecule has 1 fully saturated rings. The Kier molecular flexibility index (Phi) is 6.49. The number of nitrogens with two attached hydrogens (primary N) is 1. The van der Waals surface area contributed by atoms with Gasteiger partial charge in [-0.15, -0.1) is 0 Å². The van der Waals surface area contributed by atoms with E-state index < -0.39 is 0 Å². The van der Waals surface area contributed by atoms with Crippen LogP contribution in [0.2, 0.25) is 0 Å². The number of hydrogen-bond donors (Lipinski definition) is 2. The van der Waals surface area contributed by atoms with Gasteiger partial charge in [0.25, 0.3) is 5.91 Å². The quantitative estimate of drug-likeness (QED) is 0.425. The summed E-state index contributed by atoms with van der Waals surface area (Å²) in [5.74, 6) is -0.211. The van der Waals surface area contributed by atoms with E-state index in [9.17, 15) is 4.79 Å². The molecule has 1 atom stereocenters. The fourth-order valence-electron chi connectivity index (χ4n) is 4.84. The Labute approximate surface area is 200 Å². The van der Waals surface area contributed by atoms with Gasteiger partial charge in [0.1, 0.15) is 0 Å². The smallest absolute Gasteiger partial charge is 0.254 e. The van der Waals surface area contributed by atoms with Crippen molar-refractivity contribution in [3.8, 4) is 0 Å². The molecule has 1 aliphatic carbocycles. The average molecular weight is 452 g/mol. The fraction of sp³-hybridized carbons (Fsp3) is 0.250. The zero-order valence-corrected chi connectivity index (χ0v) is 19.0. The van der Waals surface area contributed by atoms with Crippen LogP contribution in [0.3, 0.4) is 0 Å². The van der Waals surface area contributed by atoms with Crippen LogP contribution in [0.1, 0.15) is 40.9 Å². The highest BCUT2D eigenvalue weighted by Crippen LogP contribution is 2.33. The molecule has 2 aromatic carbocycles. The van der Waals surface area contributed by atoms with Crippen LogP contribution in [0.25, 0.3) is 0 Å². The third-order valence-corrected chi connectivity index (χ3v) is 6.62. The maximum Gasteiger partial charge on any atom is 0.254 e. The molecular formula is C28H29N5O. The third-order valence-electron chi connectivity index (χ3n) is 6.62. The fourth-order valence-corrected chi connectivity index (χ4v) is 4.84. The first-order valence-corrected chi connectivity index (χ1v) is 11.8. The summed E-state index contributed by atoms with van der Waals surface area (Å²) >= 11 is 0. The van der Waals surface area contributed by atoms with E-state index in [1.165, 1.54) is 22.9 Å². The molecule has 0 bridgehead atoms. The van der Waals surface area contributed by atoms with Crippen molar-refractivity contribution < 1.29 is 4.79 Å². The summed E-state index contributed by atoms with van der Waals surface area (Å²) in [6, 6.07) is 25.3. The van der Waals surface area contributed by atoms with Crippen LogP contribution in [0, 0.1) is 0 Å². The first kappa shape index (κ1) is 22.0. The molecule has 0 saturated carbocycles. The molecule has 172 valence electrons. The molecule has 2 heterocycles. The largest absolute Gasteiger partial charge is 0.404 e. The van der Waals surface area contributed by atoms with Gasteiger partial charge in [-0.2, -0.15) is 0 Å². The number of rotatable bonds is 7. The van der Waals surface area contributed by atoms with Crippen molar-refractivity contribution >= 4 is 12.1 Å². The predicted molar refractivity (Wildman–Crippen MR) is 134 cm³/mol. The summed E-state index contributed by atoms with van der Waals surface area (Å²) in [6.07, 6.45) is 6.49. The number of carbonyl (C=O) groups excluding carboxylic acids is 1. The minimum atomic E-state index is -0.211. The van der Waals surface area contributed by atoms with Crippen LogP contribution >= 0.6 is 0 Å². The first-order valence-electron chi connectivity index (χ1n) is 11.8. The zero-order valence-electron chi connectivity index (χ0n) is 19.0. The maximum absolute atomic E-state index is 12.8. The van der Waals surface area contributed by atoms with Crippen LogP contribution in [0.15, 0.2) is 95.8 Å². The number of carbonyl (C=O) groups is 1. The second-order valence-electron chi connectivity index (χ2n) is 8.84. The average Bonchev–Trinajstić information content (AvgIpc) is 3.26. The van der Waals surface area contributed by atoms with Gasteiger partial charge in [-0.25, -0.2) is 0 Å². The number of fused-ring (bicyclic) bond motifs is 1.